The number of hydrogen-bond donors (Lipinski definition) is 3. The van der Waals surface area contributed by atoms with Crippen LogP contribution in [0, 0.1) is 5.92 Å². The fourth-order valence-electron chi connectivity index (χ4n) is 7.49. The maximum atomic E-state index is 12.4. The van der Waals surface area contributed by atoms with Crippen LogP contribution in [0.2, 0.25) is 0 Å². The van der Waals surface area contributed by atoms with Gasteiger partial charge in [-0.2, -0.15) is 0 Å². The molecule has 0 bridgehead atoms. The molecule has 3 aromatic carbocycles. The van der Waals surface area contributed by atoms with Crippen LogP contribution >= 0.6 is 0 Å². The topological polar surface area (TPSA) is 109 Å². The van der Waals surface area contributed by atoms with Crippen LogP contribution in [0.5, 0.6) is 0 Å². The molecule has 56 heavy (non-hydrogen) atoms. The van der Waals surface area contributed by atoms with Crippen molar-refractivity contribution in [2.24, 2.45) is 5.92 Å². The Bertz CT molecular complexity index is 1530. The first-order valence-corrected chi connectivity index (χ1v) is 21.4. The average Bonchev–Trinajstić information content (AvgIpc) is 3.22. The number of urea groups is 1. The number of carbonyl (C=O) groups is 2. The van der Waals surface area contributed by atoms with Crippen molar-refractivity contribution >= 4 is 12.0 Å². The van der Waals surface area contributed by atoms with Crippen molar-refractivity contribution in [1.29, 1.82) is 0 Å². The second-order valence-electron chi connectivity index (χ2n) is 15.3. The van der Waals surface area contributed by atoms with Gasteiger partial charge >= 0.3 is 12.0 Å². The second kappa shape index (κ2) is 25.5. The van der Waals surface area contributed by atoms with E-state index in [1.54, 1.807) is 6.92 Å². The van der Waals surface area contributed by atoms with E-state index < -0.39 is 18.3 Å². The zero-order valence-electron chi connectivity index (χ0n) is 34.6. The van der Waals surface area contributed by atoms with E-state index in [1.807, 2.05) is 36.4 Å². The number of ether oxygens (including phenoxy) is 3. The Hall–Kier alpha value is -3.76. The summed E-state index contributed by atoms with van der Waals surface area (Å²) in [6, 6.07) is 24.0. The maximum Gasteiger partial charge on any atom is 0.325 e. The molecule has 3 aromatic rings. The lowest BCUT2D eigenvalue weighted by Gasteiger charge is -2.43. The van der Waals surface area contributed by atoms with Gasteiger partial charge in [-0.1, -0.05) is 158 Å². The van der Waals surface area contributed by atoms with Gasteiger partial charge in [-0.3, -0.25) is 4.79 Å². The lowest BCUT2D eigenvalue weighted by atomic mass is 9.89. The summed E-state index contributed by atoms with van der Waals surface area (Å²) in [6.45, 7) is 12.0. The molecular weight excluding hydrogens is 703 g/mol. The SMILES string of the molecule is CCCCCCCCN(CCCCCCCC)C[C@H]1O[C@@H](c2ccc(-c3ccccc3CNC(=O)NCC(=O)OCC)cc2)O[C@@H](c2ccc(CO)cc2)[C@H]1C. The summed E-state index contributed by atoms with van der Waals surface area (Å²) < 4.78 is 18.7. The monoisotopic (exact) mass is 772 g/mol. The van der Waals surface area contributed by atoms with Gasteiger partial charge in [0.15, 0.2) is 6.29 Å². The minimum Gasteiger partial charge on any atom is -0.465 e. The highest BCUT2D eigenvalue weighted by Crippen LogP contribution is 2.42. The van der Waals surface area contributed by atoms with Crippen molar-refractivity contribution < 1.29 is 28.9 Å². The van der Waals surface area contributed by atoms with Gasteiger partial charge < -0.3 is 34.9 Å². The summed E-state index contributed by atoms with van der Waals surface area (Å²) >= 11 is 0. The van der Waals surface area contributed by atoms with Crippen LogP contribution in [-0.4, -0.2) is 60.9 Å². The number of carbonyl (C=O) groups excluding carboxylic acids is 2. The van der Waals surface area contributed by atoms with Crippen molar-refractivity contribution in [2.45, 2.75) is 136 Å². The predicted molar refractivity (Wildman–Crippen MR) is 225 cm³/mol. The minimum absolute atomic E-state index is 0.00971. The Kier molecular flexibility index (Phi) is 20.5. The molecule has 2 amide bonds. The third-order valence-electron chi connectivity index (χ3n) is 10.9. The summed E-state index contributed by atoms with van der Waals surface area (Å²) in [5.74, 6) is -0.351. The molecule has 4 rings (SSSR count). The van der Waals surface area contributed by atoms with Gasteiger partial charge in [-0.15, -0.1) is 0 Å². The Labute approximate surface area is 336 Å². The number of aliphatic hydroxyl groups is 1. The molecule has 1 heterocycles. The van der Waals surface area contributed by atoms with E-state index in [0.717, 1.165) is 53.0 Å². The molecule has 0 aliphatic carbocycles. The van der Waals surface area contributed by atoms with E-state index in [-0.39, 0.29) is 37.9 Å². The molecular formula is C47H69N3O6. The van der Waals surface area contributed by atoms with Gasteiger partial charge in [0.05, 0.1) is 25.4 Å². The van der Waals surface area contributed by atoms with Crippen LogP contribution in [0.4, 0.5) is 4.79 Å². The fourth-order valence-corrected chi connectivity index (χ4v) is 7.49. The molecule has 1 aliphatic heterocycles. The number of benzene rings is 3. The van der Waals surface area contributed by atoms with Crippen molar-refractivity contribution in [1.82, 2.24) is 15.5 Å². The van der Waals surface area contributed by atoms with Crippen molar-refractivity contribution in [3.63, 3.8) is 0 Å². The molecule has 0 aromatic heterocycles. The quantitative estimate of drug-likeness (QED) is 0.0581. The number of rotatable bonds is 25. The van der Waals surface area contributed by atoms with Crippen LogP contribution in [0.15, 0.2) is 72.8 Å². The van der Waals surface area contributed by atoms with Crippen molar-refractivity contribution in [3.8, 4) is 11.1 Å². The first-order chi connectivity index (χ1) is 27.4. The summed E-state index contributed by atoms with van der Waals surface area (Å²) in [6.07, 6.45) is 14.7. The largest absolute Gasteiger partial charge is 0.465 e. The lowest BCUT2D eigenvalue weighted by Crippen LogP contribution is -2.45. The lowest BCUT2D eigenvalue weighted by molar-refractivity contribution is -0.276. The Morgan fingerprint density at radius 3 is 1.96 bits per heavy atom. The maximum absolute atomic E-state index is 12.4. The van der Waals surface area contributed by atoms with E-state index in [1.165, 1.54) is 77.0 Å². The smallest absolute Gasteiger partial charge is 0.325 e. The summed E-state index contributed by atoms with van der Waals surface area (Å²) in [7, 11) is 0. The summed E-state index contributed by atoms with van der Waals surface area (Å²) in [5, 5.41) is 15.1. The molecule has 4 atom stereocenters. The molecule has 1 fully saturated rings. The normalized spacial score (nSPS) is 18.2. The highest BCUT2D eigenvalue weighted by atomic mass is 16.7. The first kappa shape index (κ1) is 44.9. The third-order valence-corrected chi connectivity index (χ3v) is 10.9. The summed E-state index contributed by atoms with van der Waals surface area (Å²) in [4.78, 5) is 26.7. The van der Waals surface area contributed by atoms with E-state index in [4.69, 9.17) is 14.2 Å². The Morgan fingerprint density at radius 2 is 1.34 bits per heavy atom. The molecule has 9 heteroatoms. The highest BCUT2D eigenvalue weighted by Gasteiger charge is 2.39. The highest BCUT2D eigenvalue weighted by molar-refractivity contribution is 5.81. The van der Waals surface area contributed by atoms with Gasteiger partial charge in [0, 0.05) is 24.6 Å². The fraction of sp³-hybridized carbons (Fsp3) is 0.574. The molecule has 0 radical (unpaired) electrons. The zero-order valence-corrected chi connectivity index (χ0v) is 34.6. The summed E-state index contributed by atoms with van der Waals surface area (Å²) in [5.41, 5.74) is 5.90. The number of amides is 2. The number of esters is 1. The minimum atomic E-state index is -0.544. The van der Waals surface area contributed by atoms with Crippen LogP contribution in [0.25, 0.3) is 11.1 Å². The average molecular weight is 772 g/mol. The van der Waals surface area contributed by atoms with Crippen molar-refractivity contribution in [3.05, 3.63) is 95.1 Å². The molecule has 1 saturated heterocycles. The molecule has 9 nitrogen and oxygen atoms in total. The standard InChI is InChI=1S/C47H69N3O6/c1-5-8-10-12-14-18-30-50(31-19-15-13-11-9-6-2)34-43-36(4)45(39-24-22-37(35-51)23-25-39)56-46(55-43)40-28-26-38(27-29-40)42-21-17-16-20-41(42)32-48-47(53)49-33-44(52)54-7-3/h16-17,20-29,36,43,45-46,51H,5-15,18-19,30-35H2,1-4H3,(H2,48,49,53)/t36-,43+,45+,46+/m0/s1. The van der Waals surface area contributed by atoms with Crippen LogP contribution < -0.4 is 10.6 Å². The molecule has 0 saturated carbocycles. The number of nitrogens with zero attached hydrogens (tertiary/aromatic N) is 1. The zero-order chi connectivity index (χ0) is 40.0. The number of unbranched alkanes of at least 4 members (excludes halogenated alkanes) is 10. The van der Waals surface area contributed by atoms with E-state index in [9.17, 15) is 14.7 Å². The van der Waals surface area contributed by atoms with Crippen molar-refractivity contribution in [2.75, 3.05) is 32.8 Å². The molecule has 0 spiro atoms. The first-order valence-electron chi connectivity index (χ1n) is 21.4. The van der Waals surface area contributed by atoms with E-state index >= 15 is 0 Å². The Morgan fingerprint density at radius 1 is 0.732 bits per heavy atom. The molecule has 3 N–H and O–H groups in total. The van der Waals surface area contributed by atoms with E-state index in [2.05, 4.69) is 72.7 Å². The number of nitrogens with one attached hydrogen (secondary N) is 2. The van der Waals surface area contributed by atoms with Gasteiger partial charge in [-0.25, -0.2) is 4.79 Å². The van der Waals surface area contributed by atoms with Gasteiger partial charge in [-0.05, 0) is 60.7 Å². The van der Waals surface area contributed by atoms with Crippen LogP contribution in [0.3, 0.4) is 0 Å². The predicted octanol–water partition coefficient (Wildman–Crippen LogP) is 10.0. The second-order valence-corrected chi connectivity index (χ2v) is 15.3. The molecule has 0 unspecified atom stereocenters. The molecule has 1 aliphatic rings. The van der Waals surface area contributed by atoms with Gasteiger partial charge in [0.2, 0.25) is 0 Å². The van der Waals surface area contributed by atoms with Crippen LogP contribution in [0.1, 0.15) is 139 Å². The van der Waals surface area contributed by atoms with Crippen LogP contribution in [-0.2, 0) is 32.2 Å². The van der Waals surface area contributed by atoms with Gasteiger partial charge in [0.1, 0.15) is 6.54 Å². The number of hydrogen-bond acceptors (Lipinski definition) is 7. The van der Waals surface area contributed by atoms with E-state index in [0.29, 0.717) is 6.54 Å². The molecule has 308 valence electrons. The Balaban J connectivity index is 1.50. The number of aliphatic hydroxyl groups excluding tert-OH is 1. The van der Waals surface area contributed by atoms with Gasteiger partial charge in [0.25, 0.3) is 0 Å². The third kappa shape index (κ3) is 15.0.